The zero-order valence-electron chi connectivity index (χ0n) is 26.9. The van der Waals surface area contributed by atoms with Crippen LogP contribution in [0.5, 0.6) is 0 Å². The van der Waals surface area contributed by atoms with E-state index in [0.717, 1.165) is 25.8 Å². The third-order valence-electron chi connectivity index (χ3n) is 7.59. The van der Waals surface area contributed by atoms with Crippen molar-refractivity contribution in [3.05, 3.63) is 141 Å². The van der Waals surface area contributed by atoms with Crippen LogP contribution < -0.4 is 16.0 Å². The molecule has 3 amide bonds. The Morgan fingerprint density at radius 3 is 1.68 bits per heavy atom. The Kier molecular flexibility index (Phi) is 12.6. The van der Waals surface area contributed by atoms with Gasteiger partial charge in [-0.1, -0.05) is 103 Å². The van der Waals surface area contributed by atoms with E-state index in [4.69, 9.17) is 4.74 Å². The fraction of sp³-hybridized carbons (Fsp3) is 0.289. The number of nitrogens with one attached hydrogen (secondary N) is 3. The lowest BCUT2D eigenvalue weighted by molar-refractivity contribution is -0.125. The maximum atomic E-state index is 13.8. The minimum absolute atomic E-state index is 0.0288. The van der Waals surface area contributed by atoms with Gasteiger partial charge in [-0.3, -0.25) is 9.59 Å². The van der Waals surface area contributed by atoms with Crippen LogP contribution in [0.1, 0.15) is 55.9 Å². The molecule has 0 fully saturated rings. The molecule has 0 aromatic heterocycles. The van der Waals surface area contributed by atoms with Crippen LogP contribution in [0.4, 0.5) is 4.79 Å². The van der Waals surface area contributed by atoms with E-state index < -0.39 is 35.2 Å². The molecular weight excluding hydrogens is 705 g/mol. The monoisotopic (exact) mass is 747 g/mol. The van der Waals surface area contributed by atoms with Gasteiger partial charge in [-0.2, -0.15) is 0 Å². The van der Waals surface area contributed by atoms with Crippen LogP contribution in [0.3, 0.4) is 0 Å². The van der Waals surface area contributed by atoms with Gasteiger partial charge in [-0.05, 0) is 84.2 Å². The van der Waals surface area contributed by atoms with E-state index in [-0.39, 0.29) is 31.8 Å². The van der Waals surface area contributed by atoms with Gasteiger partial charge < -0.3 is 25.8 Å². The highest BCUT2D eigenvalue weighted by Gasteiger charge is 2.38. The highest BCUT2D eigenvalue weighted by molar-refractivity contribution is 14.1. The summed E-state index contributed by atoms with van der Waals surface area (Å²) in [5.74, 6) is -0.738. The quantitative estimate of drug-likeness (QED) is 0.0977. The van der Waals surface area contributed by atoms with Crippen molar-refractivity contribution >= 4 is 40.5 Å². The summed E-state index contributed by atoms with van der Waals surface area (Å²) >= 11 is 2.20. The van der Waals surface area contributed by atoms with Gasteiger partial charge in [0, 0.05) is 16.4 Å². The molecule has 8 nitrogen and oxygen atoms in total. The fourth-order valence-electron chi connectivity index (χ4n) is 5.38. The molecule has 4 aromatic carbocycles. The topological polar surface area (TPSA) is 117 Å². The third kappa shape index (κ3) is 10.1. The summed E-state index contributed by atoms with van der Waals surface area (Å²) in [7, 11) is 0. The van der Waals surface area contributed by atoms with Crippen LogP contribution >= 0.6 is 22.6 Å². The lowest BCUT2D eigenvalue weighted by Crippen LogP contribution is -2.52. The maximum absolute atomic E-state index is 13.8. The summed E-state index contributed by atoms with van der Waals surface area (Å²) in [4.78, 5) is 40.0. The fourth-order valence-corrected chi connectivity index (χ4v) is 5.74. The Bertz CT molecular complexity index is 1500. The molecule has 9 heteroatoms. The van der Waals surface area contributed by atoms with Crippen molar-refractivity contribution in [2.75, 3.05) is 6.61 Å². The van der Waals surface area contributed by atoms with Crippen LogP contribution in [-0.4, -0.2) is 47.3 Å². The van der Waals surface area contributed by atoms with Crippen LogP contribution in [0.25, 0.3) is 0 Å². The highest BCUT2D eigenvalue weighted by Crippen LogP contribution is 2.37. The predicted molar refractivity (Wildman–Crippen MR) is 192 cm³/mol. The SMILES string of the molecule is CC(C)(C)OC(=O)N[C@@H](Cc1ccc(I)cc1)C(=O)N[C@H](CO)CCC(=O)NC(c1ccccc1)(c1ccccc1)c1ccccc1. The van der Waals surface area contributed by atoms with E-state index in [1.165, 1.54) is 0 Å². The molecule has 0 saturated carbocycles. The second kappa shape index (κ2) is 16.6. The first kappa shape index (κ1) is 35.6. The second-order valence-electron chi connectivity index (χ2n) is 12.4. The van der Waals surface area contributed by atoms with Crippen molar-refractivity contribution in [2.24, 2.45) is 0 Å². The molecular formula is C38H42IN3O5. The number of aliphatic hydroxyl groups excluding tert-OH is 1. The van der Waals surface area contributed by atoms with Crippen molar-refractivity contribution in [2.45, 2.75) is 63.3 Å². The molecule has 0 bridgehead atoms. The van der Waals surface area contributed by atoms with E-state index in [0.29, 0.717) is 0 Å². The molecule has 4 rings (SSSR count). The predicted octanol–water partition coefficient (Wildman–Crippen LogP) is 6.09. The van der Waals surface area contributed by atoms with Crippen LogP contribution in [0.2, 0.25) is 0 Å². The number of hydrogen-bond acceptors (Lipinski definition) is 5. The van der Waals surface area contributed by atoms with Gasteiger partial charge in [-0.15, -0.1) is 0 Å². The first-order valence-electron chi connectivity index (χ1n) is 15.6. The molecule has 0 aliphatic carbocycles. The van der Waals surface area contributed by atoms with E-state index in [2.05, 4.69) is 38.5 Å². The van der Waals surface area contributed by atoms with Crippen molar-refractivity contribution < 1.29 is 24.2 Å². The molecule has 0 saturated heterocycles. The summed E-state index contributed by atoms with van der Waals surface area (Å²) in [6, 6.07) is 35.3. The second-order valence-corrected chi connectivity index (χ2v) is 13.6. The van der Waals surface area contributed by atoms with E-state index >= 15 is 0 Å². The lowest BCUT2D eigenvalue weighted by Gasteiger charge is -2.37. The van der Waals surface area contributed by atoms with E-state index in [1.54, 1.807) is 20.8 Å². The molecule has 0 aliphatic heterocycles. The Morgan fingerprint density at radius 2 is 1.23 bits per heavy atom. The summed E-state index contributed by atoms with van der Waals surface area (Å²) in [6.07, 6.45) is -0.303. The van der Waals surface area contributed by atoms with Gasteiger partial charge in [0.05, 0.1) is 12.6 Å². The lowest BCUT2D eigenvalue weighted by atomic mass is 9.77. The number of benzene rings is 4. The number of rotatable bonds is 13. The molecule has 47 heavy (non-hydrogen) atoms. The average molecular weight is 748 g/mol. The van der Waals surface area contributed by atoms with Gasteiger partial charge >= 0.3 is 6.09 Å². The minimum Gasteiger partial charge on any atom is -0.444 e. The summed E-state index contributed by atoms with van der Waals surface area (Å²) in [6.45, 7) is 4.85. The standard InChI is InChI=1S/C38H42IN3O5/c1-37(2,3)47-36(46)41-33(25-27-19-21-31(39)22-20-27)35(45)40-32(26-43)23-24-34(44)42-38(28-13-7-4-8-14-28,29-15-9-5-10-16-29)30-17-11-6-12-18-30/h4-22,32-33,43H,23-26H2,1-3H3,(H,40,45)(H,41,46)(H,42,44)/t32-,33-/m0/s1. The van der Waals surface area contributed by atoms with Crippen molar-refractivity contribution in [3.63, 3.8) is 0 Å². The normalized spacial score (nSPS) is 12.8. The third-order valence-corrected chi connectivity index (χ3v) is 8.31. The molecule has 0 heterocycles. The van der Waals surface area contributed by atoms with Crippen LogP contribution in [-0.2, 0) is 26.3 Å². The first-order chi connectivity index (χ1) is 22.5. The van der Waals surface area contributed by atoms with Crippen LogP contribution in [0.15, 0.2) is 115 Å². The largest absolute Gasteiger partial charge is 0.444 e. The van der Waals surface area contributed by atoms with Crippen molar-refractivity contribution in [1.29, 1.82) is 0 Å². The van der Waals surface area contributed by atoms with Crippen LogP contribution in [0, 0.1) is 3.57 Å². The Hall–Kier alpha value is -4.22. The molecule has 2 atom stereocenters. The Balaban J connectivity index is 1.52. The van der Waals surface area contributed by atoms with Crippen molar-refractivity contribution in [1.82, 2.24) is 16.0 Å². The van der Waals surface area contributed by atoms with E-state index in [9.17, 15) is 19.5 Å². The van der Waals surface area contributed by atoms with Gasteiger partial charge in [0.25, 0.3) is 0 Å². The molecule has 0 spiro atoms. The van der Waals surface area contributed by atoms with Gasteiger partial charge in [0.1, 0.15) is 17.2 Å². The Labute approximate surface area is 290 Å². The summed E-state index contributed by atoms with van der Waals surface area (Å²) < 4.78 is 6.45. The number of ether oxygens (including phenoxy) is 1. The van der Waals surface area contributed by atoms with Gasteiger partial charge in [0.2, 0.25) is 11.8 Å². The zero-order chi connectivity index (χ0) is 33.9. The maximum Gasteiger partial charge on any atom is 0.408 e. The van der Waals surface area contributed by atoms with Crippen molar-refractivity contribution in [3.8, 4) is 0 Å². The zero-order valence-corrected chi connectivity index (χ0v) is 29.1. The number of halogens is 1. The van der Waals surface area contributed by atoms with E-state index in [1.807, 2.05) is 115 Å². The summed E-state index contributed by atoms with van der Waals surface area (Å²) in [5.41, 5.74) is 1.80. The highest BCUT2D eigenvalue weighted by atomic mass is 127. The number of amides is 3. The smallest absolute Gasteiger partial charge is 0.408 e. The number of hydrogen-bond donors (Lipinski definition) is 4. The molecule has 4 N–H and O–H groups in total. The number of carbonyl (C=O) groups excluding carboxylic acids is 3. The average Bonchev–Trinajstić information content (AvgIpc) is 3.06. The minimum atomic E-state index is -0.977. The number of alkyl carbamates (subject to hydrolysis) is 1. The molecule has 0 aliphatic rings. The summed E-state index contributed by atoms with van der Waals surface area (Å²) in [5, 5.41) is 19.1. The molecule has 246 valence electrons. The number of aliphatic hydroxyl groups is 1. The van der Waals surface area contributed by atoms with Gasteiger partial charge in [0.15, 0.2) is 0 Å². The Morgan fingerprint density at radius 1 is 0.745 bits per heavy atom. The molecule has 4 aromatic rings. The number of carbonyl (C=O) groups is 3. The first-order valence-corrected chi connectivity index (χ1v) is 16.7. The molecule has 0 unspecified atom stereocenters. The molecule has 0 radical (unpaired) electrons. The van der Waals surface area contributed by atoms with Gasteiger partial charge in [-0.25, -0.2) is 4.79 Å².